The highest BCUT2D eigenvalue weighted by Gasteiger charge is 2.11. The van der Waals surface area contributed by atoms with Gasteiger partial charge in [-0.15, -0.1) is 0 Å². The SMILES string of the molecule is O=c1c(O)cc(CO)cc2ccc(O)c(O)c12. The zero-order chi connectivity index (χ0) is 12.6. The van der Waals surface area contributed by atoms with Crippen molar-refractivity contribution >= 4 is 10.8 Å². The monoisotopic (exact) mass is 234 g/mol. The van der Waals surface area contributed by atoms with Gasteiger partial charge in [0.1, 0.15) is 0 Å². The van der Waals surface area contributed by atoms with Gasteiger partial charge in [-0.2, -0.15) is 0 Å². The smallest absolute Gasteiger partial charge is 0.231 e. The highest BCUT2D eigenvalue weighted by Crippen LogP contribution is 2.32. The molecule has 4 N–H and O–H groups in total. The van der Waals surface area contributed by atoms with E-state index in [4.69, 9.17) is 5.11 Å². The Balaban J connectivity index is 3.06. The number of hydrogen-bond donors (Lipinski definition) is 4. The maximum absolute atomic E-state index is 11.8. The number of aliphatic hydroxyl groups excluding tert-OH is 1. The Morgan fingerprint density at radius 3 is 2.35 bits per heavy atom. The summed E-state index contributed by atoms with van der Waals surface area (Å²) >= 11 is 0. The first-order valence-corrected chi connectivity index (χ1v) is 4.86. The van der Waals surface area contributed by atoms with Crippen molar-refractivity contribution in [1.29, 1.82) is 0 Å². The average molecular weight is 234 g/mol. The van der Waals surface area contributed by atoms with E-state index in [-0.39, 0.29) is 12.0 Å². The van der Waals surface area contributed by atoms with Crippen molar-refractivity contribution in [2.45, 2.75) is 6.61 Å². The van der Waals surface area contributed by atoms with Crippen LogP contribution in [0.5, 0.6) is 17.2 Å². The van der Waals surface area contributed by atoms with E-state index in [9.17, 15) is 20.1 Å². The standard InChI is InChI=1S/C12H10O5/c13-5-6-3-7-1-2-8(14)11(16)10(7)12(17)9(15)4-6/h1-4,13-14,16H,5H2,(H,15,17). The van der Waals surface area contributed by atoms with Crippen LogP contribution in [0.25, 0.3) is 10.8 Å². The molecule has 0 atom stereocenters. The normalized spacial score (nSPS) is 10.6. The first-order valence-electron chi connectivity index (χ1n) is 4.86. The Labute approximate surface area is 95.8 Å². The third kappa shape index (κ3) is 1.76. The summed E-state index contributed by atoms with van der Waals surface area (Å²) in [4.78, 5) is 11.8. The summed E-state index contributed by atoms with van der Waals surface area (Å²) in [6.07, 6.45) is 0. The van der Waals surface area contributed by atoms with Crippen molar-refractivity contribution in [3.63, 3.8) is 0 Å². The largest absolute Gasteiger partial charge is 0.504 e. The van der Waals surface area contributed by atoms with Crippen molar-refractivity contribution in [2.24, 2.45) is 0 Å². The van der Waals surface area contributed by atoms with Crippen LogP contribution in [-0.2, 0) is 6.61 Å². The molecule has 0 bridgehead atoms. The maximum atomic E-state index is 11.8. The van der Waals surface area contributed by atoms with Crippen molar-refractivity contribution in [1.82, 2.24) is 0 Å². The number of aromatic hydroxyl groups is 3. The first-order chi connectivity index (χ1) is 8.04. The number of phenols is 2. The fraction of sp³-hybridized carbons (Fsp3) is 0.0833. The van der Waals surface area contributed by atoms with E-state index in [2.05, 4.69) is 0 Å². The molecule has 2 rings (SSSR count). The van der Waals surface area contributed by atoms with E-state index < -0.39 is 22.7 Å². The lowest BCUT2D eigenvalue weighted by Gasteiger charge is -1.99. The summed E-state index contributed by atoms with van der Waals surface area (Å²) in [5.74, 6) is -1.61. The van der Waals surface area contributed by atoms with Crippen molar-refractivity contribution in [3.8, 4) is 17.2 Å². The number of fused-ring (bicyclic) bond motifs is 1. The zero-order valence-electron chi connectivity index (χ0n) is 8.71. The highest BCUT2D eigenvalue weighted by molar-refractivity contribution is 5.90. The molecule has 2 aromatic rings. The van der Waals surface area contributed by atoms with Crippen molar-refractivity contribution < 1.29 is 20.4 Å². The molecule has 0 fully saturated rings. The Morgan fingerprint density at radius 1 is 1.00 bits per heavy atom. The van der Waals surface area contributed by atoms with Crippen LogP contribution >= 0.6 is 0 Å². The van der Waals surface area contributed by atoms with E-state index >= 15 is 0 Å². The Kier molecular flexibility index (Phi) is 2.61. The van der Waals surface area contributed by atoms with Crippen LogP contribution in [0.15, 0.2) is 29.1 Å². The molecule has 5 heteroatoms. The molecular weight excluding hydrogens is 224 g/mol. The average Bonchev–Trinajstić information content (AvgIpc) is 2.43. The molecule has 0 heterocycles. The molecule has 0 amide bonds. The number of phenolic OH excluding ortho intramolecular Hbond substituents is 2. The highest BCUT2D eigenvalue weighted by atomic mass is 16.3. The molecule has 0 radical (unpaired) electrons. The third-order valence-corrected chi connectivity index (χ3v) is 2.49. The molecule has 0 aromatic heterocycles. The van der Waals surface area contributed by atoms with Crippen LogP contribution in [0.1, 0.15) is 5.56 Å². The molecule has 0 saturated heterocycles. The Hall–Kier alpha value is -2.27. The maximum Gasteiger partial charge on any atom is 0.231 e. The third-order valence-electron chi connectivity index (χ3n) is 2.49. The van der Waals surface area contributed by atoms with Crippen LogP contribution < -0.4 is 5.43 Å². The van der Waals surface area contributed by atoms with Gasteiger partial charge in [0.2, 0.25) is 5.43 Å². The zero-order valence-corrected chi connectivity index (χ0v) is 8.71. The van der Waals surface area contributed by atoms with Gasteiger partial charge in [0.05, 0.1) is 12.0 Å². The van der Waals surface area contributed by atoms with E-state index in [1.165, 1.54) is 18.2 Å². The lowest BCUT2D eigenvalue weighted by molar-refractivity contribution is 0.281. The molecule has 0 aliphatic rings. The van der Waals surface area contributed by atoms with Gasteiger partial charge < -0.3 is 20.4 Å². The van der Waals surface area contributed by atoms with E-state index in [0.29, 0.717) is 10.9 Å². The minimum Gasteiger partial charge on any atom is -0.504 e. The summed E-state index contributed by atoms with van der Waals surface area (Å²) in [5.41, 5.74) is -0.465. The molecule has 17 heavy (non-hydrogen) atoms. The summed E-state index contributed by atoms with van der Waals surface area (Å²) in [5, 5.41) is 37.6. The van der Waals surface area contributed by atoms with Crippen LogP contribution in [0.2, 0.25) is 0 Å². The van der Waals surface area contributed by atoms with Gasteiger partial charge in [-0.25, -0.2) is 0 Å². The molecule has 0 unspecified atom stereocenters. The van der Waals surface area contributed by atoms with E-state index in [0.717, 1.165) is 6.07 Å². The second-order valence-electron chi connectivity index (χ2n) is 3.63. The lowest BCUT2D eigenvalue weighted by atomic mass is 10.1. The van der Waals surface area contributed by atoms with Gasteiger partial charge >= 0.3 is 0 Å². The molecule has 0 aliphatic carbocycles. The van der Waals surface area contributed by atoms with Crippen molar-refractivity contribution in [2.75, 3.05) is 0 Å². The second kappa shape index (κ2) is 3.95. The summed E-state index contributed by atoms with van der Waals surface area (Å²) in [6.45, 7) is -0.349. The molecular formula is C12H10O5. The summed E-state index contributed by atoms with van der Waals surface area (Å²) < 4.78 is 0. The molecule has 0 saturated carbocycles. The molecule has 0 aliphatic heterocycles. The van der Waals surface area contributed by atoms with Gasteiger partial charge in [0, 0.05) is 0 Å². The molecule has 5 nitrogen and oxygen atoms in total. The van der Waals surface area contributed by atoms with Gasteiger partial charge in [-0.3, -0.25) is 4.79 Å². The summed E-state index contributed by atoms with van der Waals surface area (Å²) in [7, 11) is 0. The fourth-order valence-electron chi connectivity index (χ4n) is 1.66. The van der Waals surface area contributed by atoms with Crippen LogP contribution in [0.4, 0.5) is 0 Å². The van der Waals surface area contributed by atoms with E-state index in [1.807, 2.05) is 0 Å². The number of rotatable bonds is 1. The number of benzene rings is 1. The molecule has 2 aromatic carbocycles. The predicted molar refractivity (Wildman–Crippen MR) is 61.1 cm³/mol. The van der Waals surface area contributed by atoms with Crippen LogP contribution in [0.3, 0.4) is 0 Å². The second-order valence-corrected chi connectivity index (χ2v) is 3.63. The predicted octanol–water partition coefficient (Wildman–Crippen LogP) is 0.809. The Morgan fingerprint density at radius 2 is 1.71 bits per heavy atom. The van der Waals surface area contributed by atoms with Gasteiger partial charge in [-0.1, -0.05) is 6.07 Å². The van der Waals surface area contributed by atoms with Crippen LogP contribution in [-0.4, -0.2) is 20.4 Å². The topological polar surface area (TPSA) is 98.0 Å². The minimum atomic E-state index is -0.798. The first kappa shape index (κ1) is 11.2. The fourth-order valence-corrected chi connectivity index (χ4v) is 1.66. The van der Waals surface area contributed by atoms with Crippen molar-refractivity contribution in [3.05, 3.63) is 40.1 Å². The Bertz CT molecular complexity index is 648. The van der Waals surface area contributed by atoms with E-state index in [1.54, 1.807) is 0 Å². The minimum absolute atomic E-state index is 0.179. The van der Waals surface area contributed by atoms with Gasteiger partial charge in [-0.05, 0) is 29.1 Å². The molecule has 0 spiro atoms. The number of hydrogen-bond acceptors (Lipinski definition) is 5. The number of aliphatic hydroxyl groups is 1. The quantitative estimate of drug-likeness (QED) is 0.547. The summed E-state index contributed by atoms with van der Waals surface area (Å²) in [6, 6.07) is 5.23. The van der Waals surface area contributed by atoms with Crippen LogP contribution in [0, 0.1) is 0 Å². The lowest BCUT2D eigenvalue weighted by Crippen LogP contribution is -1.97. The van der Waals surface area contributed by atoms with Gasteiger partial charge in [0.25, 0.3) is 0 Å². The molecule has 88 valence electrons. The van der Waals surface area contributed by atoms with Gasteiger partial charge in [0.15, 0.2) is 17.2 Å².